The van der Waals surface area contributed by atoms with Gasteiger partial charge in [0.2, 0.25) is 11.8 Å². The predicted molar refractivity (Wildman–Crippen MR) is 116 cm³/mol. The van der Waals surface area contributed by atoms with Crippen LogP contribution in [0.3, 0.4) is 0 Å². The highest BCUT2D eigenvalue weighted by Gasteiger charge is 2.24. The molecule has 0 saturated heterocycles. The molecule has 0 aliphatic rings. The largest absolute Gasteiger partial charge is 0.497 e. The van der Waals surface area contributed by atoms with E-state index in [1.165, 1.54) is 6.92 Å². The third-order valence-corrected chi connectivity index (χ3v) is 4.97. The smallest absolute Gasteiger partial charge is 0.223 e. The Kier molecular flexibility index (Phi) is 6.72. The van der Waals surface area contributed by atoms with Crippen molar-refractivity contribution >= 4 is 22.8 Å². The van der Waals surface area contributed by atoms with Crippen LogP contribution >= 0.6 is 0 Å². The second-order valence-corrected chi connectivity index (χ2v) is 7.66. The molecule has 0 spiro atoms. The normalized spacial score (nSPS) is 13.1. The minimum absolute atomic E-state index is 0.120. The van der Waals surface area contributed by atoms with E-state index in [4.69, 9.17) is 4.74 Å². The Balaban J connectivity index is 1.76. The van der Waals surface area contributed by atoms with Gasteiger partial charge in [-0.25, -0.2) is 4.98 Å². The maximum absolute atomic E-state index is 12.9. The Labute approximate surface area is 176 Å². The van der Waals surface area contributed by atoms with Gasteiger partial charge < -0.3 is 20.4 Å². The SMILES string of the molecule is COc1ccc(C(CC(=O)N[C@H](c2nc3ccccc3[nH]2)C(C)C)NC(C)=O)cc1. The number of nitrogens with one attached hydrogen (secondary N) is 3. The molecule has 3 N–H and O–H groups in total. The number of ether oxygens (including phenoxy) is 1. The number of methoxy groups -OCH3 is 1. The lowest BCUT2D eigenvalue weighted by Gasteiger charge is -2.23. The van der Waals surface area contributed by atoms with Crippen LogP contribution in [-0.2, 0) is 9.59 Å². The molecule has 7 nitrogen and oxygen atoms in total. The van der Waals surface area contributed by atoms with E-state index in [-0.39, 0.29) is 30.2 Å². The molecule has 2 atom stereocenters. The zero-order valence-electron chi connectivity index (χ0n) is 17.7. The molecule has 30 heavy (non-hydrogen) atoms. The van der Waals surface area contributed by atoms with Gasteiger partial charge in [-0.05, 0) is 35.7 Å². The van der Waals surface area contributed by atoms with Gasteiger partial charge in [0.1, 0.15) is 11.6 Å². The summed E-state index contributed by atoms with van der Waals surface area (Å²) in [5.41, 5.74) is 2.63. The van der Waals surface area contributed by atoms with Crippen LogP contribution in [0, 0.1) is 5.92 Å². The van der Waals surface area contributed by atoms with Gasteiger partial charge in [-0.2, -0.15) is 0 Å². The Morgan fingerprint density at radius 2 is 1.77 bits per heavy atom. The third kappa shape index (κ3) is 5.17. The number of nitrogens with zero attached hydrogens (tertiary/aromatic N) is 1. The number of benzene rings is 2. The molecule has 0 saturated carbocycles. The molecule has 1 unspecified atom stereocenters. The Hall–Kier alpha value is -3.35. The second kappa shape index (κ2) is 9.43. The molecule has 3 rings (SSSR count). The van der Waals surface area contributed by atoms with Crippen molar-refractivity contribution in [1.29, 1.82) is 0 Å². The average Bonchev–Trinajstić information content (AvgIpc) is 3.15. The molecule has 3 aromatic rings. The molecule has 1 heterocycles. The molecule has 7 heteroatoms. The first-order valence-electron chi connectivity index (χ1n) is 10.0. The predicted octanol–water partition coefficient (Wildman–Crippen LogP) is 3.65. The van der Waals surface area contributed by atoms with Crippen molar-refractivity contribution in [2.75, 3.05) is 7.11 Å². The van der Waals surface area contributed by atoms with Gasteiger partial charge in [-0.3, -0.25) is 9.59 Å². The van der Waals surface area contributed by atoms with E-state index in [2.05, 4.69) is 20.6 Å². The summed E-state index contributed by atoms with van der Waals surface area (Å²) < 4.78 is 5.19. The highest BCUT2D eigenvalue weighted by molar-refractivity contribution is 5.80. The molecule has 0 radical (unpaired) electrons. The minimum atomic E-state index is -0.433. The summed E-state index contributed by atoms with van der Waals surface area (Å²) in [7, 11) is 1.60. The Morgan fingerprint density at radius 1 is 1.07 bits per heavy atom. The van der Waals surface area contributed by atoms with Crippen molar-refractivity contribution in [2.45, 2.75) is 39.3 Å². The number of H-pyrrole nitrogens is 1. The number of carbonyl (C=O) groups is 2. The summed E-state index contributed by atoms with van der Waals surface area (Å²) in [4.78, 5) is 32.5. The van der Waals surface area contributed by atoms with E-state index in [9.17, 15) is 9.59 Å². The highest BCUT2D eigenvalue weighted by Crippen LogP contribution is 2.24. The van der Waals surface area contributed by atoms with Crippen molar-refractivity contribution in [1.82, 2.24) is 20.6 Å². The van der Waals surface area contributed by atoms with Gasteiger partial charge in [0.15, 0.2) is 0 Å². The molecule has 0 fully saturated rings. The minimum Gasteiger partial charge on any atom is -0.497 e. The molecule has 2 amide bonds. The van der Waals surface area contributed by atoms with E-state index in [0.29, 0.717) is 0 Å². The van der Waals surface area contributed by atoms with Crippen LogP contribution in [0.15, 0.2) is 48.5 Å². The Morgan fingerprint density at radius 3 is 2.37 bits per heavy atom. The molecule has 158 valence electrons. The van der Waals surface area contributed by atoms with Crippen molar-refractivity contribution in [3.63, 3.8) is 0 Å². The van der Waals surface area contributed by atoms with E-state index in [1.807, 2.05) is 62.4 Å². The van der Waals surface area contributed by atoms with Gasteiger partial charge in [0, 0.05) is 6.92 Å². The first kappa shape index (κ1) is 21.4. The molecular weight excluding hydrogens is 380 g/mol. The van der Waals surface area contributed by atoms with E-state index in [0.717, 1.165) is 28.2 Å². The number of hydrogen-bond acceptors (Lipinski definition) is 4. The van der Waals surface area contributed by atoms with Crippen molar-refractivity contribution in [3.05, 3.63) is 59.9 Å². The number of aromatic nitrogens is 2. The second-order valence-electron chi connectivity index (χ2n) is 7.66. The zero-order valence-corrected chi connectivity index (χ0v) is 17.7. The van der Waals surface area contributed by atoms with E-state index >= 15 is 0 Å². The standard InChI is InChI=1S/C23H28N4O3/c1-14(2)22(23-25-18-7-5-6-8-19(18)26-23)27-21(29)13-20(24-15(3)28)16-9-11-17(30-4)12-10-16/h5-12,14,20,22H,13H2,1-4H3,(H,24,28)(H,25,26)(H,27,29)/t20?,22-/m0/s1. The van der Waals surface area contributed by atoms with Crippen LogP contribution in [0.4, 0.5) is 0 Å². The maximum atomic E-state index is 12.9. The number of aromatic amines is 1. The first-order valence-corrected chi connectivity index (χ1v) is 10.0. The van der Waals surface area contributed by atoms with Crippen LogP contribution in [0.2, 0.25) is 0 Å². The maximum Gasteiger partial charge on any atom is 0.223 e. The quantitative estimate of drug-likeness (QED) is 0.530. The number of imidazole rings is 1. The highest BCUT2D eigenvalue weighted by atomic mass is 16.5. The number of amides is 2. The number of rotatable bonds is 8. The van der Waals surface area contributed by atoms with Crippen LogP contribution in [0.1, 0.15) is 50.7 Å². The number of hydrogen-bond donors (Lipinski definition) is 3. The van der Waals surface area contributed by atoms with Crippen molar-refractivity contribution < 1.29 is 14.3 Å². The monoisotopic (exact) mass is 408 g/mol. The van der Waals surface area contributed by atoms with Crippen molar-refractivity contribution in [3.8, 4) is 5.75 Å². The summed E-state index contributed by atoms with van der Waals surface area (Å²) in [6.07, 6.45) is 0.120. The van der Waals surface area contributed by atoms with Crippen LogP contribution in [-0.4, -0.2) is 28.9 Å². The van der Waals surface area contributed by atoms with Crippen molar-refractivity contribution in [2.24, 2.45) is 5.92 Å². The molecule has 0 aliphatic carbocycles. The summed E-state index contributed by atoms with van der Waals surface area (Å²) in [6, 6.07) is 14.4. The van der Waals surface area contributed by atoms with E-state index in [1.54, 1.807) is 7.11 Å². The number of para-hydroxylation sites is 2. The molecular formula is C23H28N4O3. The lowest BCUT2D eigenvalue weighted by molar-refractivity contribution is -0.123. The molecule has 2 aromatic carbocycles. The van der Waals surface area contributed by atoms with Gasteiger partial charge in [0.05, 0.1) is 36.6 Å². The Bertz CT molecular complexity index is 978. The lowest BCUT2D eigenvalue weighted by Crippen LogP contribution is -2.36. The van der Waals surface area contributed by atoms with Crippen LogP contribution in [0.25, 0.3) is 11.0 Å². The fraction of sp³-hybridized carbons (Fsp3) is 0.348. The first-order chi connectivity index (χ1) is 14.4. The number of carbonyl (C=O) groups excluding carboxylic acids is 2. The van der Waals surface area contributed by atoms with Gasteiger partial charge >= 0.3 is 0 Å². The van der Waals surface area contributed by atoms with Gasteiger partial charge in [-0.15, -0.1) is 0 Å². The summed E-state index contributed by atoms with van der Waals surface area (Å²) >= 11 is 0. The molecule has 0 bridgehead atoms. The molecule has 0 aliphatic heterocycles. The summed E-state index contributed by atoms with van der Waals surface area (Å²) in [6.45, 7) is 5.51. The van der Waals surface area contributed by atoms with Gasteiger partial charge in [-0.1, -0.05) is 38.1 Å². The summed E-state index contributed by atoms with van der Waals surface area (Å²) in [5, 5.41) is 5.95. The third-order valence-electron chi connectivity index (χ3n) is 4.97. The van der Waals surface area contributed by atoms with Crippen LogP contribution < -0.4 is 15.4 Å². The lowest BCUT2D eigenvalue weighted by atomic mass is 10.0. The molecule has 1 aromatic heterocycles. The average molecular weight is 409 g/mol. The zero-order chi connectivity index (χ0) is 21.7. The number of fused-ring (bicyclic) bond motifs is 1. The summed E-state index contributed by atoms with van der Waals surface area (Å²) in [5.74, 6) is 1.22. The van der Waals surface area contributed by atoms with Crippen LogP contribution in [0.5, 0.6) is 5.75 Å². The topological polar surface area (TPSA) is 96.1 Å². The van der Waals surface area contributed by atoms with E-state index < -0.39 is 6.04 Å². The fourth-order valence-corrected chi connectivity index (χ4v) is 3.42. The fourth-order valence-electron chi connectivity index (χ4n) is 3.42. The van der Waals surface area contributed by atoms with Gasteiger partial charge in [0.25, 0.3) is 0 Å².